The van der Waals surface area contributed by atoms with Crippen LogP contribution in [0.5, 0.6) is 0 Å². The number of nitrogens with one attached hydrogen (secondary N) is 2. The summed E-state index contributed by atoms with van der Waals surface area (Å²) < 4.78 is 0. The molecule has 1 fully saturated rings. The van der Waals surface area contributed by atoms with Gasteiger partial charge < -0.3 is 10.6 Å². The van der Waals surface area contributed by atoms with E-state index in [9.17, 15) is 19.7 Å². The Morgan fingerprint density at radius 2 is 2.04 bits per heavy atom. The highest BCUT2D eigenvalue weighted by Crippen LogP contribution is 2.27. The van der Waals surface area contributed by atoms with Crippen molar-refractivity contribution in [1.29, 1.82) is 0 Å². The van der Waals surface area contributed by atoms with E-state index in [2.05, 4.69) is 17.2 Å². The number of rotatable bonds is 8. The topological polar surface area (TPSA) is 108 Å². The van der Waals surface area contributed by atoms with Crippen molar-refractivity contribution in [2.75, 3.05) is 44.6 Å². The van der Waals surface area contributed by atoms with Crippen LogP contribution in [0.1, 0.15) is 6.92 Å². The summed E-state index contributed by atoms with van der Waals surface area (Å²) in [6.45, 7) is 8.67. The summed E-state index contributed by atoms with van der Waals surface area (Å²) in [5.74, 6) is -0.348. The summed E-state index contributed by atoms with van der Waals surface area (Å²) in [6.07, 6.45) is 1.63. The molecule has 28 heavy (non-hydrogen) atoms. The molecular formula is C18H24ClN5O4. The SMILES string of the molecule is C=CCNC(=O)CN1CCN(C(C)C(=O)Nc2cc([N+](=O)[O-])ccc2Cl)CC1. The average molecular weight is 410 g/mol. The van der Waals surface area contributed by atoms with Crippen LogP contribution in [-0.4, -0.2) is 71.8 Å². The average Bonchev–Trinajstić information content (AvgIpc) is 2.67. The third kappa shape index (κ3) is 6.01. The van der Waals surface area contributed by atoms with Crippen molar-refractivity contribution >= 4 is 34.8 Å². The number of non-ortho nitro benzene ring substituents is 1. The summed E-state index contributed by atoms with van der Waals surface area (Å²) in [5.41, 5.74) is 0.0703. The number of piperazine rings is 1. The Morgan fingerprint density at radius 1 is 1.36 bits per heavy atom. The minimum atomic E-state index is -0.542. The van der Waals surface area contributed by atoms with E-state index in [1.807, 2.05) is 9.80 Å². The highest BCUT2D eigenvalue weighted by molar-refractivity contribution is 6.33. The number of nitro groups is 1. The predicted molar refractivity (Wildman–Crippen MR) is 107 cm³/mol. The Bertz CT molecular complexity index is 749. The second kappa shape index (κ2) is 10.2. The van der Waals surface area contributed by atoms with Crippen molar-refractivity contribution in [3.63, 3.8) is 0 Å². The van der Waals surface area contributed by atoms with Crippen molar-refractivity contribution in [2.24, 2.45) is 0 Å². The molecule has 2 amide bonds. The van der Waals surface area contributed by atoms with Gasteiger partial charge in [0.1, 0.15) is 0 Å². The fraction of sp³-hybridized carbons (Fsp3) is 0.444. The van der Waals surface area contributed by atoms with E-state index in [0.717, 1.165) is 0 Å². The zero-order chi connectivity index (χ0) is 20.7. The molecule has 0 radical (unpaired) electrons. The quantitative estimate of drug-likeness (QED) is 0.382. The minimum absolute atomic E-state index is 0.0561. The minimum Gasteiger partial charge on any atom is -0.352 e. The summed E-state index contributed by atoms with van der Waals surface area (Å²) in [5, 5.41) is 16.5. The Morgan fingerprint density at radius 3 is 2.64 bits per heavy atom. The van der Waals surface area contributed by atoms with Crippen molar-refractivity contribution in [3.8, 4) is 0 Å². The summed E-state index contributed by atoms with van der Waals surface area (Å²) in [4.78, 5) is 38.7. The second-order valence-electron chi connectivity index (χ2n) is 6.49. The van der Waals surface area contributed by atoms with Crippen LogP contribution < -0.4 is 10.6 Å². The highest BCUT2D eigenvalue weighted by Gasteiger charge is 2.27. The number of benzene rings is 1. The zero-order valence-corrected chi connectivity index (χ0v) is 16.4. The molecule has 1 unspecified atom stereocenters. The van der Waals surface area contributed by atoms with E-state index >= 15 is 0 Å². The third-order valence-corrected chi connectivity index (χ3v) is 4.89. The van der Waals surface area contributed by atoms with Crippen LogP contribution in [0.3, 0.4) is 0 Å². The lowest BCUT2D eigenvalue weighted by Gasteiger charge is -2.37. The molecule has 1 aromatic carbocycles. The standard InChI is InChI=1S/C18H24ClN5O4/c1-3-6-20-17(25)12-22-7-9-23(10-8-22)13(2)18(26)21-16-11-14(24(27)28)4-5-15(16)19/h3-5,11,13H,1,6-10,12H2,2H3,(H,20,25)(H,21,26). The van der Waals surface area contributed by atoms with E-state index in [1.54, 1.807) is 13.0 Å². The first-order valence-corrected chi connectivity index (χ1v) is 9.28. The Hall–Kier alpha value is -2.49. The number of nitro benzene ring substituents is 1. The molecule has 0 spiro atoms. The van der Waals surface area contributed by atoms with Gasteiger partial charge in [0, 0.05) is 44.9 Å². The molecule has 0 aliphatic carbocycles. The molecule has 2 N–H and O–H groups in total. The summed E-state index contributed by atoms with van der Waals surface area (Å²) in [6, 6.07) is 3.47. The van der Waals surface area contributed by atoms with Gasteiger partial charge >= 0.3 is 0 Å². The molecule has 1 aliphatic rings. The van der Waals surface area contributed by atoms with Gasteiger partial charge in [-0.3, -0.25) is 29.5 Å². The molecule has 10 heteroatoms. The van der Waals surface area contributed by atoms with Crippen molar-refractivity contribution in [3.05, 3.63) is 46.0 Å². The fourth-order valence-corrected chi connectivity index (χ4v) is 3.04. The number of hydrogen-bond donors (Lipinski definition) is 2. The van der Waals surface area contributed by atoms with Gasteiger partial charge in [0.2, 0.25) is 11.8 Å². The highest BCUT2D eigenvalue weighted by atomic mass is 35.5. The number of carbonyl (C=O) groups is 2. The van der Waals surface area contributed by atoms with Gasteiger partial charge in [-0.15, -0.1) is 6.58 Å². The molecule has 152 valence electrons. The molecule has 1 aliphatic heterocycles. The molecule has 1 aromatic rings. The van der Waals surface area contributed by atoms with Gasteiger partial charge in [-0.2, -0.15) is 0 Å². The van der Waals surface area contributed by atoms with E-state index in [-0.39, 0.29) is 28.2 Å². The predicted octanol–water partition coefficient (Wildman–Crippen LogP) is 1.50. The largest absolute Gasteiger partial charge is 0.352 e. The molecule has 9 nitrogen and oxygen atoms in total. The maximum absolute atomic E-state index is 12.6. The van der Waals surface area contributed by atoms with Crippen LogP contribution in [-0.2, 0) is 9.59 Å². The monoisotopic (exact) mass is 409 g/mol. The van der Waals surface area contributed by atoms with Gasteiger partial charge in [-0.05, 0) is 13.0 Å². The summed E-state index contributed by atoms with van der Waals surface area (Å²) in [7, 11) is 0. The number of anilines is 1. The Labute approximate surface area is 168 Å². The molecule has 1 atom stereocenters. The van der Waals surface area contributed by atoms with E-state index in [0.29, 0.717) is 39.3 Å². The molecular weight excluding hydrogens is 386 g/mol. The van der Waals surface area contributed by atoms with Crippen LogP contribution in [0.25, 0.3) is 0 Å². The molecule has 0 saturated carbocycles. The van der Waals surface area contributed by atoms with E-state index < -0.39 is 11.0 Å². The zero-order valence-electron chi connectivity index (χ0n) is 15.7. The van der Waals surface area contributed by atoms with E-state index in [4.69, 9.17) is 11.6 Å². The maximum Gasteiger partial charge on any atom is 0.271 e. The first kappa shape index (κ1) is 21.8. The van der Waals surface area contributed by atoms with Gasteiger partial charge in [0.15, 0.2) is 0 Å². The normalized spacial score (nSPS) is 16.2. The number of carbonyl (C=O) groups excluding carboxylic acids is 2. The lowest BCUT2D eigenvalue weighted by Crippen LogP contribution is -2.54. The van der Waals surface area contributed by atoms with Crippen LogP contribution >= 0.6 is 11.6 Å². The number of halogens is 1. The molecule has 1 saturated heterocycles. The maximum atomic E-state index is 12.6. The Balaban J connectivity index is 1.88. The molecule has 1 heterocycles. The van der Waals surface area contributed by atoms with Crippen LogP contribution in [0.2, 0.25) is 5.02 Å². The smallest absolute Gasteiger partial charge is 0.271 e. The molecule has 0 aromatic heterocycles. The van der Waals surface area contributed by atoms with Crippen molar-refractivity contribution < 1.29 is 14.5 Å². The summed E-state index contributed by atoms with van der Waals surface area (Å²) >= 11 is 6.04. The molecule has 0 bridgehead atoms. The van der Waals surface area contributed by atoms with Gasteiger partial charge in [0.25, 0.3) is 5.69 Å². The number of hydrogen-bond acceptors (Lipinski definition) is 6. The van der Waals surface area contributed by atoms with Crippen molar-refractivity contribution in [1.82, 2.24) is 15.1 Å². The first-order chi connectivity index (χ1) is 13.3. The van der Waals surface area contributed by atoms with Gasteiger partial charge in [0.05, 0.1) is 28.2 Å². The number of amides is 2. The third-order valence-electron chi connectivity index (χ3n) is 4.56. The van der Waals surface area contributed by atoms with Crippen LogP contribution in [0, 0.1) is 10.1 Å². The van der Waals surface area contributed by atoms with Gasteiger partial charge in [-0.1, -0.05) is 17.7 Å². The van der Waals surface area contributed by atoms with Crippen LogP contribution in [0.15, 0.2) is 30.9 Å². The molecule has 2 rings (SSSR count). The van der Waals surface area contributed by atoms with E-state index in [1.165, 1.54) is 18.2 Å². The van der Waals surface area contributed by atoms with Gasteiger partial charge in [-0.25, -0.2) is 0 Å². The Kier molecular flexibility index (Phi) is 7.91. The lowest BCUT2D eigenvalue weighted by molar-refractivity contribution is -0.384. The van der Waals surface area contributed by atoms with Crippen LogP contribution in [0.4, 0.5) is 11.4 Å². The first-order valence-electron chi connectivity index (χ1n) is 8.90. The fourth-order valence-electron chi connectivity index (χ4n) is 2.88. The number of nitrogens with zero attached hydrogens (tertiary/aromatic N) is 3. The second-order valence-corrected chi connectivity index (χ2v) is 6.90. The lowest BCUT2D eigenvalue weighted by atomic mass is 10.2. The van der Waals surface area contributed by atoms with Crippen molar-refractivity contribution in [2.45, 2.75) is 13.0 Å².